The van der Waals surface area contributed by atoms with Gasteiger partial charge in [0.1, 0.15) is 5.75 Å². The lowest BCUT2D eigenvalue weighted by Crippen LogP contribution is -2.39. The van der Waals surface area contributed by atoms with Crippen molar-refractivity contribution in [2.45, 2.75) is 6.92 Å². The summed E-state index contributed by atoms with van der Waals surface area (Å²) in [5.41, 5.74) is 0.978. The summed E-state index contributed by atoms with van der Waals surface area (Å²) < 4.78 is 5.31. The van der Waals surface area contributed by atoms with Crippen LogP contribution < -0.4 is 20.7 Å². The molecule has 0 fully saturated rings. The maximum atomic E-state index is 11.8. The third-order valence-electron chi connectivity index (χ3n) is 3.17. The molecule has 0 unspecified atom stereocenters. The summed E-state index contributed by atoms with van der Waals surface area (Å²) in [6.07, 6.45) is 0. The van der Waals surface area contributed by atoms with Gasteiger partial charge < -0.3 is 20.7 Å². The Morgan fingerprint density at radius 3 is 2.08 bits per heavy atom. The zero-order valence-electron chi connectivity index (χ0n) is 14.0. The number of halogens is 1. The van der Waals surface area contributed by atoms with E-state index in [1.54, 1.807) is 48.5 Å². The lowest BCUT2D eigenvalue weighted by molar-refractivity contribution is -0.136. The Hall–Kier alpha value is -3.06. The first-order valence-corrected chi connectivity index (χ1v) is 8.23. The minimum atomic E-state index is -0.915. The van der Waals surface area contributed by atoms with E-state index in [4.69, 9.17) is 16.3 Å². The fourth-order valence-electron chi connectivity index (χ4n) is 1.97. The van der Waals surface area contributed by atoms with Crippen molar-refractivity contribution in [1.82, 2.24) is 5.32 Å². The lowest BCUT2D eigenvalue weighted by Gasteiger charge is -2.08. The summed E-state index contributed by atoms with van der Waals surface area (Å²) in [4.78, 5) is 35.4. The molecule has 2 aromatic carbocycles. The summed E-state index contributed by atoms with van der Waals surface area (Å²) >= 11 is 5.74. The number of carbonyl (C=O) groups is 3. The van der Waals surface area contributed by atoms with Crippen LogP contribution in [0.2, 0.25) is 5.02 Å². The summed E-state index contributed by atoms with van der Waals surface area (Å²) in [6, 6.07) is 13.1. The van der Waals surface area contributed by atoms with E-state index in [1.807, 2.05) is 6.92 Å². The van der Waals surface area contributed by atoms with Crippen molar-refractivity contribution in [2.75, 3.05) is 23.8 Å². The SMILES string of the molecule is CCOc1ccc(NC(=O)CNC(=O)C(=O)Nc2ccc(Cl)cc2)cc1. The van der Waals surface area contributed by atoms with Crippen molar-refractivity contribution in [3.8, 4) is 5.75 Å². The Kier molecular flexibility index (Phi) is 6.99. The first-order valence-electron chi connectivity index (χ1n) is 7.85. The van der Waals surface area contributed by atoms with Gasteiger partial charge in [-0.25, -0.2) is 0 Å². The average molecular weight is 376 g/mol. The van der Waals surface area contributed by atoms with Gasteiger partial charge in [-0.3, -0.25) is 14.4 Å². The minimum absolute atomic E-state index is 0.333. The van der Waals surface area contributed by atoms with E-state index in [-0.39, 0.29) is 6.54 Å². The standard InChI is InChI=1S/C18H18ClN3O4/c1-2-26-15-9-7-13(8-10-15)21-16(23)11-20-17(24)18(25)22-14-5-3-12(19)4-6-14/h3-10H,2,11H2,1H3,(H,20,24)(H,21,23)(H,22,25). The van der Waals surface area contributed by atoms with Crippen LogP contribution in [-0.2, 0) is 14.4 Å². The number of anilines is 2. The van der Waals surface area contributed by atoms with Crippen LogP contribution in [0.3, 0.4) is 0 Å². The van der Waals surface area contributed by atoms with Crippen molar-refractivity contribution in [3.05, 3.63) is 53.6 Å². The minimum Gasteiger partial charge on any atom is -0.494 e. The molecule has 2 rings (SSSR count). The number of carbonyl (C=O) groups excluding carboxylic acids is 3. The molecule has 0 aliphatic heterocycles. The summed E-state index contributed by atoms with van der Waals surface area (Å²) in [5, 5.41) is 7.78. The van der Waals surface area contributed by atoms with E-state index < -0.39 is 17.7 Å². The molecule has 3 amide bonds. The smallest absolute Gasteiger partial charge is 0.313 e. The maximum absolute atomic E-state index is 11.8. The van der Waals surface area contributed by atoms with Gasteiger partial charge in [-0.15, -0.1) is 0 Å². The van der Waals surface area contributed by atoms with Crippen LogP contribution in [0.25, 0.3) is 0 Å². The first kappa shape index (κ1) is 19.3. The molecule has 0 aliphatic carbocycles. The van der Waals surface area contributed by atoms with Crippen molar-refractivity contribution in [3.63, 3.8) is 0 Å². The normalized spacial score (nSPS) is 9.92. The first-order chi connectivity index (χ1) is 12.5. The molecule has 2 aromatic rings. The average Bonchev–Trinajstić information content (AvgIpc) is 2.63. The third kappa shape index (κ3) is 6.10. The molecule has 0 aliphatic rings. The van der Waals surface area contributed by atoms with E-state index in [2.05, 4.69) is 16.0 Å². The molecule has 0 saturated carbocycles. The highest BCUT2D eigenvalue weighted by molar-refractivity contribution is 6.40. The number of hydrogen-bond acceptors (Lipinski definition) is 4. The van der Waals surface area contributed by atoms with Crippen LogP contribution in [0.5, 0.6) is 5.75 Å². The Bertz CT molecular complexity index is 776. The number of amides is 3. The van der Waals surface area contributed by atoms with Gasteiger partial charge in [0, 0.05) is 16.4 Å². The van der Waals surface area contributed by atoms with Crippen molar-refractivity contribution >= 4 is 40.7 Å². The second-order valence-electron chi connectivity index (χ2n) is 5.15. The third-order valence-corrected chi connectivity index (χ3v) is 3.42. The fraction of sp³-hybridized carbons (Fsp3) is 0.167. The highest BCUT2D eigenvalue weighted by atomic mass is 35.5. The molecule has 7 nitrogen and oxygen atoms in total. The number of hydrogen-bond donors (Lipinski definition) is 3. The topological polar surface area (TPSA) is 96.5 Å². The fourth-order valence-corrected chi connectivity index (χ4v) is 2.09. The Morgan fingerprint density at radius 1 is 0.885 bits per heavy atom. The summed E-state index contributed by atoms with van der Waals surface area (Å²) in [7, 11) is 0. The molecule has 0 bridgehead atoms. The molecule has 0 spiro atoms. The Labute approximate surface area is 155 Å². The van der Waals surface area contributed by atoms with Gasteiger partial charge >= 0.3 is 11.8 Å². The quantitative estimate of drug-likeness (QED) is 0.675. The molecular weight excluding hydrogens is 358 g/mol. The highest BCUT2D eigenvalue weighted by Crippen LogP contribution is 2.15. The molecule has 0 aromatic heterocycles. The number of ether oxygens (including phenoxy) is 1. The van der Waals surface area contributed by atoms with E-state index in [1.165, 1.54) is 0 Å². The molecule has 0 heterocycles. The van der Waals surface area contributed by atoms with E-state index in [9.17, 15) is 14.4 Å². The van der Waals surface area contributed by atoms with Crippen LogP contribution in [0, 0.1) is 0 Å². The predicted octanol–water partition coefficient (Wildman–Crippen LogP) is 2.43. The van der Waals surface area contributed by atoms with Crippen LogP contribution in [0.15, 0.2) is 48.5 Å². The van der Waals surface area contributed by atoms with Gasteiger partial charge in [0.05, 0.1) is 13.2 Å². The lowest BCUT2D eigenvalue weighted by atomic mass is 10.3. The molecule has 0 radical (unpaired) electrons. The van der Waals surface area contributed by atoms with Crippen molar-refractivity contribution < 1.29 is 19.1 Å². The van der Waals surface area contributed by atoms with Crippen molar-refractivity contribution in [1.29, 1.82) is 0 Å². The van der Waals surface area contributed by atoms with Gasteiger partial charge in [0.25, 0.3) is 0 Å². The van der Waals surface area contributed by atoms with E-state index >= 15 is 0 Å². The molecule has 26 heavy (non-hydrogen) atoms. The Morgan fingerprint density at radius 2 is 1.46 bits per heavy atom. The van der Waals surface area contributed by atoms with Gasteiger partial charge in [0.2, 0.25) is 5.91 Å². The van der Waals surface area contributed by atoms with Gasteiger partial charge in [-0.1, -0.05) is 11.6 Å². The van der Waals surface area contributed by atoms with Crippen LogP contribution >= 0.6 is 11.6 Å². The molecular formula is C18H18ClN3O4. The van der Waals surface area contributed by atoms with E-state index in [0.717, 1.165) is 0 Å². The van der Waals surface area contributed by atoms with Crippen molar-refractivity contribution in [2.24, 2.45) is 0 Å². The molecule has 8 heteroatoms. The maximum Gasteiger partial charge on any atom is 0.313 e. The molecule has 3 N–H and O–H groups in total. The second-order valence-corrected chi connectivity index (χ2v) is 5.59. The second kappa shape index (κ2) is 9.43. The zero-order valence-corrected chi connectivity index (χ0v) is 14.8. The van der Waals surface area contributed by atoms with E-state index in [0.29, 0.717) is 28.8 Å². The summed E-state index contributed by atoms with van der Waals surface area (Å²) in [5.74, 6) is -1.55. The highest BCUT2D eigenvalue weighted by Gasteiger charge is 2.15. The van der Waals surface area contributed by atoms with Gasteiger partial charge in [0.15, 0.2) is 0 Å². The van der Waals surface area contributed by atoms with Crippen LogP contribution in [0.1, 0.15) is 6.92 Å². The number of nitrogens with one attached hydrogen (secondary N) is 3. The largest absolute Gasteiger partial charge is 0.494 e. The van der Waals surface area contributed by atoms with Gasteiger partial charge in [-0.05, 0) is 55.5 Å². The Balaban J connectivity index is 1.77. The molecule has 0 atom stereocenters. The zero-order chi connectivity index (χ0) is 18.9. The number of rotatable bonds is 6. The summed E-state index contributed by atoms with van der Waals surface area (Å²) in [6.45, 7) is 2.09. The molecule has 0 saturated heterocycles. The number of benzene rings is 2. The van der Waals surface area contributed by atoms with Gasteiger partial charge in [-0.2, -0.15) is 0 Å². The predicted molar refractivity (Wildman–Crippen MR) is 99.3 cm³/mol. The monoisotopic (exact) mass is 375 g/mol. The molecule has 136 valence electrons. The van der Waals surface area contributed by atoms with Crippen LogP contribution in [0.4, 0.5) is 11.4 Å². The van der Waals surface area contributed by atoms with Crippen LogP contribution in [-0.4, -0.2) is 30.9 Å².